The van der Waals surface area contributed by atoms with Crippen molar-refractivity contribution in [2.75, 3.05) is 6.54 Å². The van der Waals surface area contributed by atoms with Gasteiger partial charge >= 0.3 is 0 Å². The maximum absolute atomic E-state index is 11.4. The summed E-state index contributed by atoms with van der Waals surface area (Å²) in [5.41, 5.74) is 0. The molecule has 74 valence electrons. The van der Waals surface area contributed by atoms with Crippen LogP contribution in [0.5, 0.6) is 0 Å². The minimum Gasteiger partial charge on any atom is -0.392 e. The molecule has 3 nitrogen and oxygen atoms in total. The lowest BCUT2D eigenvalue weighted by Crippen LogP contribution is -2.46. The van der Waals surface area contributed by atoms with Crippen molar-refractivity contribution in [1.82, 2.24) is 5.32 Å². The first-order valence-corrected chi connectivity index (χ1v) is 5.25. The van der Waals surface area contributed by atoms with Crippen molar-refractivity contribution in [2.24, 2.45) is 11.8 Å². The maximum Gasteiger partial charge on any atom is 0.225 e. The zero-order chi connectivity index (χ0) is 9.26. The molecule has 3 heteroatoms. The fourth-order valence-corrected chi connectivity index (χ4v) is 2.23. The summed E-state index contributed by atoms with van der Waals surface area (Å²) in [7, 11) is 0. The highest BCUT2D eigenvalue weighted by Gasteiger charge is 2.36. The molecule has 1 amide bonds. The molecule has 1 aliphatic carbocycles. The monoisotopic (exact) mass is 183 g/mol. The number of aliphatic hydroxyl groups is 1. The smallest absolute Gasteiger partial charge is 0.225 e. The van der Waals surface area contributed by atoms with Gasteiger partial charge in [-0.25, -0.2) is 0 Å². The van der Waals surface area contributed by atoms with Gasteiger partial charge in [-0.2, -0.15) is 0 Å². The van der Waals surface area contributed by atoms with Gasteiger partial charge < -0.3 is 10.4 Å². The molecule has 0 aromatic heterocycles. The third kappa shape index (κ3) is 1.70. The second-order valence-electron chi connectivity index (χ2n) is 4.22. The number of hydrogen-bond donors (Lipinski definition) is 2. The minimum atomic E-state index is -0.381. The summed E-state index contributed by atoms with van der Waals surface area (Å²) in [6.45, 7) is 0.784. The fourth-order valence-electron chi connectivity index (χ4n) is 2.23. The van der Waals surface area contributed by atoms with E-state index >= 15 is 0 Å². The molecule has 2 unspecified atom stereocenters. The first kappa shape index (κ1) is 9.00. The number of piperidine rings is 1. The molecule has 1 aliphatic heterocycles. The van der Waals surface area contributed by atoms with E-state index in [-0.39, 0.29) is 17.9 Å². The van der Waals surface area contributed by atoms with Crippen molar-refractivity contribution >= 4 is 5.91 Å². The quantitative estimate of drug-likeness (QED) is 0.661. The number of hydrogen-bond acceptors (Lipinski definition) is 2. The second kappa shape index (κ2) is 3.66. The number of nitrogens with one attached hydrogen (secondary N) is 1. The van der Waals surface area contributed by atoms with E-state index in [2.05, 4.69) is 5.32 Å². The first-order valence-electron chi connectivity index (χ1n) is 5.25. The van der Waals surface area contributed by atoms with E-state index in [1.165, 1.54) is 6.42 Å². The molecule has 0 spiro atoms. The van der Waals surface area contributed by atoms with Gasteiger partial charge in [-0.05, 0) is 31.6 Å². The zero-order valence-corrected chi connectivity index (χ0v) is 7.83. The Balaban J connectivity index is 1.92. The molecular weight excluding hydrogens is 166 g/mol. The van der Waals surface area contributed by atoms with Gasteiger partial charge in [0.15, 0.2) is 0 Å². The van der Waals surface area contributed by atoms with E-state index in [1.54, 1.807) is 0 Å². The van der Waals surface area contributed by atoms with Crippen LogP contribution in [-0.2, 0) is 4.79 Å². The molecule has 2 rings (SSSR count). The molecule has 2 fully saturated rings. The molecule has 2 atom stereocenters. The van der Waals surface area contributed by atoms with Gasteiger partial charge in [0.1, 0.15) is 0 Å². The minimum absolute atomic E-state index is 0.0608. The van der Waals surface area contributed by atoms with Crippen LogP contribution >= 0.6 is 0 Å². The summed E-state index contributed by atoms with van der Waals surface area (Å²) in [4.78, 5) is 11.4. The Kier molecular flexibility index (Phi) is 2.54. The van der Waals surface area contributed by atoms with Gasteiger partial charge in [-0.1, -0.05) is 6.42 Å². The summed E-state index contributed by atoms with van der Waals surface area (Å²) in [5, 5.41) is 12.7. The topological polar surface area (TPSA) is 49.3 Å². The van der Waals surface area contributed by atoms with Crippen LogP contribution in [0.2, 0.25) is 0 Å². The third-order valence-electron chi connectivity index (χ3n) is 3.37. The summed E-state index contributed by atoms with van der Waals surface area (Å²) < 4.78 is 0. The molecule has 1 saturated carbocycles. The summed E-state index contributed by atoms with van der Waals surface area (Å²) in [6, 6.07) is 0. The molecule has 0 bridgehead atoms. The first-order chi connectivity index (χ1) is 6.29. The lowest BCUT2D eigenvalue weighted by Gasteiger charge is -2.36. The Morgan fingerprint density at radius 3 is 2.62 bits per heavy atom. The summed E-state index contributed by atoms with van der Waals surface area (Å²) in [6.07, 6.45) is 4.92. The number of carbonyl (C=O) groups is 1. The van der Waals surface area contributed by atoms with Crippen molar-refractivity contribution in [3.8, 4) is 0 Å². The van der Waals surface area contributed by atoms with Crippen LogP contribution in [0, 0.1) is 11.8 Å². The van der Waals surface area contributed by atoms with Gasteiger partial charge in [-0.3, -0.25) is 4.79 Å². The van der Waals surface area contributed by atoms with Crippen molar-refractivity contribution < 1.29 is 9.90 Å². The highest BCUT2D eigenvalue weighted by molar-refractivity contribution is 5.79. The van der Waals surface area contributed by atoms with Gasteiger partial charge in [0, 0.05) is 6.54 Å². The van der Waals surface area contributed by atoms with Crippen LogP contribution in [0.15, 0.2) is 0 Å². The van der Waals surface area contributed by atoms with Crippen LogP contribution in [-0.4, -0.2) is 23.7 Å². The van der Waals surface area contributed by atoms with Crippen LogP contribution in [0.3, 0.4) is 0 Å². The Morgan fingerprint density at radius 2 is 2.08 bits per heavy atom. The molecule has 0 aromatic carbocycles. The Bertz CT molecular complexity index is 201. The molecule has 1 heterocycles. The molecule has 1 saturated heterocycles. The molecule has 0 aromatic rings. The van der Waals surface area contributed by atoms with Crippen LogP contribution in [0.4, 0.5) is 0 Å². The number of aliphatic hydroxyl groups excluding tert-OH is 1. The van der Waals surface area contributed by atoms with E-state index in [4.69, 9.17) is 0 Å². The van der Waals surface area contributed by atoms with E-state index in [9.17, 15) is 9.90 Å². The Hall–Kier alpha value is -0.570. The maximum atomic E-state index is 11.4. The van der Waals surface area contributed by atoms with Gasteiger partial charge in [0.05, 0.1) is 12.0 Å². The van der Waals surface area contributed by atoms with Gasteiger partial charge in [0.25, 0.3) is 0 Å². The largest absolute Gasteiger partial charge is 0.392 e. The number of amides is 1. The van der Waals surface area contributed by atoms with Gasteiger partial charge in [0.2, 0.25) is 5.91 Å². The van der Waals surface area contributed by atoms with E-state index in [0.717, 1.165) is 32.2 Å². The van der Waals surface area contributed by atoms with Gasteiger partial charge in [-0.15, -0.1) is 0 Å². The summed E-state index contributed by atoms with van der Waals surface area (Å²) >= 11 is 0. The molecule has 2 aliphatic rings. The molecule has 0 radical (unpaired) electrons. The zero-order valence-electron chi connectivity index (χ0n) is 7.83. The fraction of sp³-hybridized carbons (Fsp3) is 0.900. The van der Waals surface area contributed by atoms with Crippen molar-refractivity contribution in [1.29, 1.82) is 0 Å². The van der Waals surface area contributed by atoms with E-state index < -0.39 is 0 Å². The summed E-state index contributed by atoms with van der Waals surface area (Å²) in [5.74, 6) is 0.332. The third-order valence-corrected chi connectivity index (χ3v) is 3.37. The van der Waals surface area contributed by atoms with Crippen molar-refractivity contribution in [3.63, 3.8) is 0 Å². The van der Waals surface area contributed by atoms with E-state index in [0.29, 0.717) is 5.92 Å². The van der Waals surface area contributed by atoms with Crippen molar-refractivity contribution in [2.45, 2.75) is 38.2 Å². The Labute approximate surface area is 78.5 Å². The highest BCUT2D eigenvalue weighted by atomic mass is 16.3. The van der Waals surface area contributed by atoms with Crippen LogP contribution < -0.4 is 5.32 Å². The number of rotatable bonds is 2. The lowest BCUT2D eigenvalue weighted by molar-refractivity contribution is -0.133. The molecular formula is C10H17NO2. The standard InChI is InChI=1S/C10H17NO2/c12-9(7-3-1-4-7)8-5-2-6-11-10(8)13/h7-9,12H,1-6H2,(H,11,13). The van der Waals surface area contributed by atoms with Crippen molar-refractivity contribution in [3.05, 3.63) is 0 Å². The number of carbonyl (C=O) groups excluding carboxylic acids is 1. The average Bonchev–Trinajstić information content (AvgIpc) is 2.01. The second-order valence-corrected chi connectivity index (χ2v) is 4.22. The van der Waals surface area contributed by atoms with E-state index in [1.807, 2.05) is 0 Å². The predicted octanol–water partition coefficient (Wildman–Crippen LogP) is 0.674. The predicted molar refractivity (Wildman–Crippen MR) is 49.1 cm³/mol. The lowest BCUT2D eigenvalue weighted by atomic mass is 9.74. The normalized spacial score (nSPS) is 32.1. The average molecular weight is 183 g/mol. The molecule has 13 heavy (non-hydrogen) atoms. The van der Waals surface area contributed by atoms with Crippen LogP contribution in [0.25, 0.3) is 0 Å². The van der Waals surface area contributed by atoms with Crippen LogP contribution in [0.1, 0.15) is 32.1 Å². The molecule has 2 N–H and O–H groups in total. The highest BCUT2D eigenvalue weighted by Crippen LogP contribution is 2.34. The SMILES string of the molecule is O=C1NCCCC1C(O)C1CCC1. The Morgan fingerprint density at radius 1 is 1.31 bits per heavy atom.